The van der Waals surface area contributed by atoms with E-state index in [-0.39, 0.29) is 5.91 Å². The molecular formula is C13H22N2O5S. The Kier molecular flexibility index (Phi) is 4.88. The van der Waals surface area contributed by atoms with Crippen LogP contribution in [-0.2, 0) is 19.6 Å². The number of sulfonamides is 1. The highest BCUT2D eigenvalue weighted by Crippen LogP contribution is 2.25. The fraction of sp³-hybridized carbons (Fsp3) is 0.846. The molecule has 2 saturated heterocycles. The minimum absolute atomic E-state index is 0.334. The Morgan fingerprint density at radius 1 is 1.00 bits per heavy atom. The van der Waals surface area contributed by atoms with Gasteiger partial charge in [-0.1, -0.05) is 6.42 Å². The maximum Gasteiger partial charge on any atom is 0.326 e. The van der Waals surface area contributed by atoms with Crippen LogP contribution in [0.3, 0.4) is 0 Å². The zero-order valence-electron chi connectivity index (χ0n) is 12.2. The third-order valence-electron chi connectivity index (χ3n) is 4.24. The summed E-state index contributed by atoms with van der Waals surface area (Å²) in [6.45, 7) is 0.727. The fourth-order valence-electron chi connectivity index (χ4n) is 3.19. The third-order valence-corrected chi connectivity index (χ3v) is 5.52. The molecule has 0 aromatic heterocycles. The van der Waals surface area contributed by atoms with Crippen LogP contribution >= 0.6 is 0 Å². The molecule has 0 aliphatic carbocycles. The van der Waals surface area contributed by atoms with E-state index < -0.39 is 28.1 Å². The second kappa shape index (κ2) is 6.31. The van der Waals surface area contributed by atoms with E-state index in [1.807, 2.05) is 0 Å². The average molecular weight is 318 g/mol. The molecule has 1 amide bonds. The van der Waals surface area contributed by atoms with Gasteiger partial charge in [0.1, 0.15) is 12.1 Å². The Hall–Kier alpha value is -1.15. The van der Waals surface area contributed by atoms with Gasteiger partial charge in [0.05, 0.1) is 6.26 Å². The first kappa shape index (κ1) is 16.2. The summed E-state index contributed by atoms with van der Waals surface area (Å²) >= 11 is 0. The average Bonchev–Trinajstić information content (AvgIpc) is 2.45. The molecule has 8 heteroatoms. The van der Waals surface area contributed by atoms with E-state index in [1.54, 1.807) is 0 Å². The van der Waals surface area contributed by atoms with Crippen LogP contribution in [0.25, 0.3) is 0 Å². The molecule has 0 aromatic carbocycles. The fourth-order valence-corrected chi connectivity index (χ4v) is 4.31. The number of amides is 1. The quantitative estimate of drug-likeness (QED) is 0.806. The van der Waals surface area contributed by atoms with Crippen LogP contribution < -0.4 is 0 Å². The number of carbonyl (C=O) groups excluding carboxylic acids is 1. The first-order valence-electron chi connectivity index (χ1n) is 7.32. The van der Waals surface area contributed by atoms with E-state index >= 15 is 0 Å². The molecule has 2 atom stereocenters. The monoisotopic (exact) mass is 318 g/mol. The molecule has 2 fully saturated rings. The summed E-state index contributed by atoms with van der Waals surface area (Å²) in [5.41, 5.74) is 0. The number of piperidine rings is 2. The van der Waals surface area contributed by atoms with Gasteiger partial charge in [-0.3, -0.25) is 4.79 Å². The Labute approximate surface area is 125 Å². The normalized spacial score (nSPS) is 28.3. The van der Waals surface area contributed by atoms with Gasteiger partial charge < -0.3 is 10.0 Å². The molecule has 0 aromatic rings. The molecule has 1 N–H and O–H groups in total. The second-order valence-corrected chi connectivity index (χ2v) is 7.70. The molecule has 2 heterocycles. The van der Waals surface area contributed by atoms with Crippen molar-refractivity contribution in [3.8, 4) is 0 Å². The minimum Gasteiger partial charge on any atom is -0.480 e. The summed E-state index contributed by atoms with van der Waals surface area (Å²) in [5.74, 6) is -1.36. The lowest BCUT2D eigenvalue weighted by Gasteiger charge is -2.39. The van der Waals surface area contributed by atoms with Gasteiger partial charge in [-0.05, 0) is 32.1 Å². The van der Waals surface area contributed by atoms with Crippen LogP contribution in [0.2, 0.25) is 0 Å². The predicted octanol–water partition coefficient (Wildman–Crippen LogP) is 0.266. The summed E-state index contributed by atoms with van der Waals surface area (Å²) in [4.78, 5) is 25.3. The lowest BCUT2D eigenvalue weighted by Crippen LogP contribution is -2.57. The number of hydrogen-bond acceptors (Lipinski definition) is 4. The second-order valence-electron chi connectivity index (χ2n) is 5.77. The van der Waals surface area contributed by atoms with Crippen molar-refractivity contribution in [1.82, 2.24) is 9.21 Å². The summed E-state index contributed by atoms with van der Waals surface area (Å²) in [7, 11) is -3.46. The Morgan fingerprint density at radius 3 is 2.14 bits per heavy atom. The highest BCUT2D eigenvalue weighted by Gasteiger charge is 2.41. The lowest BCUT2D eigenvalue weighted by molar-refractivity contribution is -0.154. The van der Waals surface area contributed by atoms with Gasteiger partial charge in [-0.25, -0.2) is 13.2 Å². The zero-order chi connectivity index (χ0) is 15.6. The van der Waals surface area contributed by atoms with Crippen molar-refractivity contribution in [3.05, 3.63) is 0 Å². The lowest BCUT2D eigenvalue weighted by atomic mass is 9.98. The van der Waals surface area contributed by atoms with Crippen molar-refractivity contribution < 1.29 is 23.1 Å². The van der Waals surface area contributed by atoms with Gasteiger partial charge >= 0.3 is 5.97 Å². The van der Waals surface area contributed by atoms with Crippen molar-refractivity contribution in [3.63, 3.8) is 0 Å². The highest BCUT2D eigenvalue weighted by atomic mass is 32.2. The first-order chi connectivity index (χ1) is 9.82. The molecule has 0 radical (unpaired) electrons. The van der Waals surface area contributed by atoms with Crippen LogP contribution in [0, 0.1) is 0 Å². The maximum atomic E-state index is 12.7. The van der Waals surface area contributed by atoms with Gasteiger partial charge in [0.15, 0.2) is 0 Å². The van der Waals surface area contributed by atoms with Gasteiger partial charge in [0.2, 0.25) is 15.9 Å². The summed E-state index contributed by atoms with van der Waals surface area (Å²) < 4.78 is 24.9. The van der Waals surface area contributed by atoms with Crippen LogP contribution in [0.5, 0.6) is 0 Å². The largest absolute Gasteiger partial charge is 0.480 e. The number of carbonyl (C=O) groups is 2. The van der Waals surface area contributed by atoms with Gasteiger partial charge in [0.25, 0.3) is 0 Å². The van der Waals surface area contributed by atoms with E-state index in [4.69, 9.17) is 0 Å². The van der Waals surface area contributed by atoms with E-state index in [0.717, 1.165) is 31.9 Å². The Morgan fingerprint density at radius 2 is 1.57 bits per heavy atom. The predicted molar refractivity (Wildman–Crippen MR) is 76.2 cm³/mol. The third kappa shape index (κ3) is 3.55. The Balaban J connectivity index is 2.21. The summed E-state index contributed by atoms with van der Waals surface area (Å²) in [5, 5.41) is 9.26. The zero-order valence-corrected chi connectivity index (χ0v) is 13.0. The van der Waals surface area contributed by atoms with Gasteiger partial charge in [0, 0.05) is 13.1 Å². The first-order valence-corrected chi connectivity index (χ1v) is 9.17. The molecule has 2 aliphatic rings. The topological polar surface area (TPSA) is 95.0 Å². The SMILES string of the molecule is CS(=O)(=O)N1CCCCC1C(=O)N1CCCCC1C(=O)O. The van der Waals surface area contributed by atoms with E-state index in [2.05, 4.69) is 0 Å². The number of likely N-dealkylation sites (tertiary alicyclic amines) is 1. The number of carboxylic acid groups (broad SMARTS) is 1. The smallest absolute Gasteiger partial charge is 0.326 e. The number of hydrogen-bond donors (Lipinski definition) is 1. The van der Waals surface area contributed by atoms with Crippen molar-refractivity contribution in [2.45, 2.75) is 50.6 Å². The number of aliphatic carboxylic acids is 1. The molecule has 7 nitrogen and oxygen atoms in total. The van der Waals surface area contributed by atoms with Crippen molar-refractivity contribution in [2.24, 2.45) is 0 Å². The van der Waals surface area contributed by atoms with Crippen LogP contribution in [0.1, 0.15) is 38.5 Å². The molecule has 0 bridgehead atoms. The molecular weight excluding hydrogens is 296 g/mol. The number of nitrogens with zero attached hydrogens (tertiary/aromatic N) is 2. The van der Waals surface area contributed by atoms with Gasteiger partial charge in [-0.2, -0.15) is 4.31 Å². The molecule has 120 valence electrons. The van der Waals surface area contributed by atoms with E-state index in [9.17, 15) is 23.1 Å². The molecule has 0 spiro atoms. The molecule has 2 rings (SSSR count). The Bertz CT molecular complexity index is 519. The van der Waals surface area contributed by atoms with Gasteiger partial charge in [-0.15, -0.1) is 0 Å². The summed E-state index contributed by atoms with van der Waals surface area (Å²) in [6.07, 6.45) is 5.07. The minimum atomic E-state index is -3.46. The van der Waals surface area contributed by atoms with Crippen molar-refractivity contribution >= 4 is 21.9 Å². The van der Waals surface area contributed by atoms with Crippen molar-refractivity contribution in [1.29, 1.82) is 0 Å². The molecule has 0 saturated carbocycles. The maximum absolute atomic E-state index is 12.7. The standard InChI is InChI=1S/C13H22N2O5S/c1-21(19,20)15-9-5-3-6-10(15)12(16)14-8-4-2-7-11(14)13(17)18/h10-11H,2-9H2,1H3,(H,17,18). The molecule has 2 aliphatic heterocycles. The summed E-state index contributed by atoms with van der Waals surface area (Å²) in [6, 6.07) is -1.57. The molecule has 21 heavy (non-hydrogen) atoms. The number of rotatable bonds is 3. The molecule has 2 unspecified atom stereocenters. The van der Waals surface area contributed by atoms with Crippen LogP contribution in [0.4, 0.5) is 0 Å². The van der Waals surface area contributed by atoms with Crippen LogP contribution in [-0.4, -0.2) is 66.0 Å². The number of carboxylic acids is 1. The van der Waals surface area contributed by atoms with E-state index in [0.29, 0.717) is 25.9 Å². The van der Waals surface area contributed by atoms with Crippen molar-refractivity contribution in [2.75, 3.05) is 19.3 Å². The highest BCUT2D eigenvalue weighted by molar-refractivity contribution is 7.88. The van der Waals surface area contributed by atoms with E-state index in [1.165, 1.54) is 9.21 Å². The van der Waals surface area contributed by atoms with Crippen LogP contribution in [0.15, 0.2) is 0 Å².